The maximum atomic E-state index is 13.8. The maximum Gasteiger partial charge on any atom is 0.244 e. The van der Waals surface area contributed by atoms with Crippen LogP contribution in [-0.2, 0) is 26.2 Å². The second kappa shape index (κ2) is 11.9. The third-order valence-corrected chi connectivity index (χ3v) is 6.68. The Morgan fingerprint density at radius 1 is 1.12 bits per heavy atom. The van der Waals surface area contributed by atoms with Gasteiger partial charge in [0.15, 0.2) is 0 Å². The van der Waals surface area contributed by atoms with E-state index in [9.17, 15) is 22.4 Å². The molecule has 1 N–H and O–H groups in total. The molecule has 2 amide bonds. The average Bonchev–Trinajstić information content (AvgIpc) is 2.71. The summed E-state index contributed by atoms with van der Waals surface area (Å²) in [6.45, 7) is 4.65. The van der Waals surface area contributed by atoms with Crippen molar-refractivity contribution in [2.75, 3.05) is 17.1 Å². The average molecular weight is 532 g/mol. The number of nitrogens with one attached hydrogen (secondary N) is 1. The van der Waals surface area contributed by atoms with Crippen molar-refractivity contribution in [2.24, 2.45) is 0 Å². The number of carbonyl (C=O) groups excluding carboxylic acids is 2. The molecule has 1 atom stereocenters. The number of hydrogen-bond acceptors (Lipinski definition) is 4. The van der Waals surface area contributed by atoms with Gasteiger partial charge in [0.25, 0.3) is 0 Å². The van der Waals surface area contributed by atoms with Crippen molar-refractivity contribution < 1.29 is 22.4 Å². The number of anilines is 1. The summed E-state index contributed by atoms with van der Waals surface area (Å²) >= 11 is 12.3. The molecule has 34 heavy (non-hydrogen) atoms. The monoisotopic (exact) mass is 531 g/mol. The molecule has 0 radical (unpaired) electrons. The molecule has 0 aliphatic heterocycles. The Balaban J connectivity index is 2.48. The number of rotatable bonds is 10. The van der Waals surface area contributed by atoms with Gasteiger partial charge in [0.05, 0.1) is 11.9 Å². The Kier molecular flexibility index (Phi) is 9.73. The van der Waals surface area contributed by atoms with Gasteiger partial charge in [0, 0.05) is 22.6 Å². The Bertz CT molecular complexity index is 1140. The molecule has 2 rings (SSSR count). The molecule has 0 fully saturated rings. The first kappa shape index (κ1) is 27.9. The predicted octanol–water partition coefficient (Wildman–Crippen LogP) is 4.23. The van der Waals surface area contributed by atoms with Crippen LogP contribution in [0, 0.1) is 5.82 Å². The van der Waals surface area contributed by atoms with E-state index in [1.807, 2.05) is 0 Å². The number of nitrogens with zero attached hydrogens (tertiary/aromatic N) is 2. The molecule has 0 aromatic heterocycles. The summed E-state index contributed by atoms with van der Waals surface area (Å²) in [4.78, 5) is 27.7. The van der Waals surface area contributed by atoms with Crippen LogP contribution in [0.2, 0.25) is 10.0 Å². The number of carbonyl (C=O) groups is 2. The summed E-state index contributed by atoms with van der Waals surface area (Å²) in [5, 5.41) is 3.50. The lowest BCUT2D eigenvalue weighted by atomic mass is 10.1. The summed E-state index contributed by atoms with van der Waals surface area (Å²) in [6.07, 6.45) is 1.20. The molecule has 2 aromatic rings. The number of halogens is 3. The van der Waals surface area contributed by atoms with E-state index in [0.717, 1.165) is 16.6 Å². The third kappa shape index (κ3) is 7.58. The van der Waals surface area contributed by atoms with Crippen LogP contribution in [0.25, 0.3) is 0 Å². The van der Waals surface area contributed by atoms with E-state index < -0.39 is 34.3 Å². The Labute approximate surface area is 209 Å². The lowest BCUT2D eigenvalue weighted by molar-refractivity contribution is -0.140. The van der Waals surface area contributed by atoms with E-state index in [2.05, 4.69) is 5.32 Å². The highest BCUT2D eigenvalue weighted by molar-refractivity contribution is 7.92. The van der Waals surface area contributed by atoms with Gasteiger partial charge in [0.1, 0.15) is 18.4 Å². The van der Waals surface area contributed by atoms with Crippen molar-refractivity contribution in [1.82, 2.24) is 10.2 Å². The highest BCUT2D eigenvalue weighted by atomic mass is 35.5. The smallest absolute Gasteiger partial charge is 0.244 e. The summed E-state index contributed by atoms with van der Waals surface area (Å²) in [7, 11) is -3.95. The summed E-state index contributed by atoms with van der Waals surface area (Å²) in [6, 6.07) is 8.64. The number of hydrogen-bond donors (Lipinski definition) is 1. The van der Waals surface area contributed by atoms with Gasteiger partial charge in [-0.2, -0.15) is 0 Å². The fourth-order valence-electron chi connectivity index (χ4n) is 3.38. The summed E-state index contributed by atoms with van der Waals surface area (Å²) < 4.78 is 39.6. The zero-order valence-electron chi connectivity index (χ0n) is 19.4. The van der Waals surface area contributed by atoms with E-state index in [1.54, 1.807) is 32.9 Å². The minimum atomic E-state index is -3.95. The van der Waals surface area contributed by atoms with Crippen molar-refractivity contribution in [1.29, 1.82) is 0 Å². The molecular weight excluding hydrogens is 504 g/mol. The van der Waals surface area contributed by atoms with Crippen LogP contribution < -0.4 is 9.62 Å². The molecule has 0 saturated carbocycles. The van der Waals surface area contributed by atoms with E-state index in [-0.39, 0.29) is 30.6 Å². The van der Waals surface area contributed by atoms with Crippen molar-refractivity contribution in [3.05, 3.63) is 63.9 Å². The normalized spacial score (nSPS) is 12.4. The summed E-state index contributed by atoms with van der Waals surface area (Å²) in [5.74, 6) is -1.68. The fraction of sp³-hybridized carbons (Fsp3) is 0.391. The van der Waals surface area contributed by atoms with Crippen molar-refractivity contribution >= 4 is 50.7 Å². The van der Waals surface area contributed by atoms with Crippen LogP contribution in [0.4, 0.5) is 10.1 Å². The molecule has 0 aliphatic carbocycles. The SMILES string of the molecule is CCC(C(=O)NC(C)C)N(Cc1ccc(Cl)cc1Cl)C(=O)CN(c1cccc(F)c1)S(C)(=O)=O. The minimum Gasteiger partial charge on any atom is -0.352 e. The predicted molar refractivity (Wildman–Crippen MR) is 133 cm³/mol. The third-order valence-electron chi connectivity index (χ3n) is 4.95. The lowest BCUT2D eigenvalue weighted by Crippen LogP contribution is -2.53. The standard InChI is InChI=1S/C23H28Cl2FN3O4S/c1-5-21(23(31)27-15(2)3)28(13-16-9-10-17(24)11-20(16)25)22(30)14-29(34(4,32)33)19-8-6-7-18(26)12-19/h6-12,15,21H,5,13-14H2,1-4H3,(H,27,31). The van der Waals surface area contributed by atoms with Gasteiger partial charge < -0.3 is 10.2 Å². The summed E-state index contributed by atoms with van der Waals surface area (Å²) in [5.41, 5.74) is 0.534. The fourth-order valence-corrected chi connectivity index (χ4v) is 4.69. The molecular formula is C23H28Cl2FN3O4S. The van der Waals surface area contributed by atoms with Crippen molar-refractivity contribution in [2.45, 2.75) is 45.8 Å². The van der Waals surface area contributed by atoms with Crippen LogP contribution in [0.5, 0.6) is 0 Å². The van der Waals surface area contributed by atoms with Gasteiger partial charge in [-0.3, -0.25) is 13.9 Å². The topological polar surface area (TPSA) is 86.8 Å². The van der Waals surface area contributed by atoms with Crippen molar-refractivity contribution in [3.63, 3.8) is 0 Å². The van der Waals surface area contributed by atoms with E-state index >= 15 is 0 Å². The largest absolute Gasteiger partial charge is 0.352 e. The molecule has 2 aromatic carbocycles. The molecule has 0 spiro atoms. The first-order valence-corrected chi connectivity index (χ1v) is 13.2. The Morgan fingerprint density at radius 3 is 2.32 bits per heavy atom. The Hall–Kier alpha value is -2.36. The van der Waals surface area contributed by atoms with Gasteiger partial charge in [-0.15, -0.1) is 0 Å². The van der Waals surface area contributed by atoms with Gasteiger partial charge in [-0.25, -0.2) is 12.8 Å². The molecule has 7 nitrogen and oxygen atoms in total. The Morgan fingerprint density at radius 2 is 1.79 bits per heavy atom. The highest BCUT2D eigenvalue weighted by Crippen LogP contribution is 2.25. The van der Waals surface area contributed by atoms with E-state index in [0.29, 0.717) is 15.6 Å². The lowest BCUT2D eigenvalue weighted by Gasteiger charge is -2.33. The molecule has 0 heterocycles. The molecule has 11 heteroatoms. The molecule has 0 aliphatic rings. The molecule has 1 unspecified atom stereocenters. The second-order valence-electron chi connectivity index (χ2n) is 8.09. The molecule has 0 bridgehead atoms. The zero-order valence-corrected chi connectivity index (χ0v) is 21.7. The highest BCUT2D eigenvalue weighted by Gasteiger charge is 2.32. The maximum absolute atomic E-state index is 13.8. The number of amides is 2. The van der Waals surface area contributed by atoms with E-state index in [4.69, 9.17) is 23.2 Å². The zero-order chi connectivity index (χ0) is 25.6. The quantitative estimate of drug-likeness (QED) is 0.496. The van der Waals surface area contributed by atoms with Crippen LogP contribution in [-0.4, -0.2) is 50.0 Å². The minimum absolute atomic E-state index is 0.00000532. The molecule has 0 saturated heterocycles. The van der Waals surface area contributed by atoms with Gasteiger partial charge >= 0.3 is 0 Å². The molecule has 186 valence electrons. The second-order valence-corrected chi connectivity index (χ2v) is 10.8. The van der Waals surface area contributed by atoms with E-state index in [1.165, 1.54) is 29.2 Å². The van der Waals surface area contributed by atoms with Crippen LogP contribution in [0.1, 0.15) is 32.8 Å². The number of sulfonamides is 1. The first-order chi connectivity index (χ1) is 15.8. The van der Waals surface area contributed by atoms with Crippen LogP contribution in [0.15, 0.2) is 42.5 Å². The van der Waals surface area contributed by atoms with Gasteiger partial charge in [0.2, 0.25) is 21.8 Å². The van der Waals surface area contributed by atoms with Crippen LogP contribution in [0.3, 0.4) is 0 Å². The number of benzene rings is 2. The van der Waals surface area contributed by atoms with Crippen LogP contribution >= 0.6 is 23.2 Å². The first-order valence-electron chi connectivity index (χ1n) is 10.6. The van der Waals surface area contributed by atoms with Gasteiger partial charge in [-0.1, -0.05) is 42.3 Å². The van der Waals surface area contributed by atoms with Crippen molar-refractivity contribution in [3.8, 4) is 0 Å². The van der Waals surface area contributed by atoms with Gasteiger partial charge in [-0.05, 0) is 56.2 Å².